The number of hydrogen-bond donors (Lipinski definition) is 0. The Bertz CT molecular complexity index is 553. The molecular formula is C11H7BrFNOS. The molecule has 0 saturated carbocycles. The number of nitrogens with zero attached hydrogens (tertiary/aromatic N) is 1. The first-order valence-corrected chi connectivity index (χ1v) is 6.17. The first-order chi connectivity index (χ1) is 7.61. The Hall–Kier alpha value is -1.07. The third-order valence-corrected chi connectivity index (χ3v) is 3.69. The van der Waals surface area contributed by atoms with E-state index in [0.717, 1.165) is 0 Å². The number of carbonyl (C=O) groups excluding carboxylic acids is 1. The molecule has 1 heterocycles. The monoisotopic (exact) mass is 299 g/mol. The first-order valence-electron chi connectivity index (χ1n) is 4.50. The number of benzene rings is 1. The van der Waals surface area contributed by atoms with E-state index < -0.39 is 5.82 Å². The lowest BCUT2D eigenvalue weighted by Crippen LogP contribution is -2.04. The van der Waals surface area contributed by atoms with E-state index in [4.69, 9.17) is 0 Å². The Balaban J connectivity index is 2.50. The average Bonchev–Trinajstić information content (AvgIpc) is 2.68. The highest BCUT2D eigenvalue weighted by atomic mass is 79.9. The third kappa shape index (κ3) is 1.92. The highest BCUT2D eigenvalue weighted by Gasteiger charge is 2.18. The third-order valence-electron chi connectivity index (χ3n) is 2.15. The SMILES string of the molecule is Cc1ncsc1C(=O)c1cccc(Br)c1F. The van der Waals surface area contributed by atoms with Crippen LogP contribution in [0.3, 0.4) is 0 Å². The van der Waals surface area contributed by atoms with Crippen LogP contribution in [0.5, 0.6) is 0 Å². The molecule has 2 nitrogen and oxygen atoms in total. The van der Waals surface area contributed by atoms with Crippen molar-refractivity contribution in [1.29, 1.82) is 0 Å². The predicted molar refractivity (Wildman–Crippen MR) is 64.4 cm³/mol. The highest BCUT2D eigenvalue weighted by Crippen LogP contribution is 2.23. The molecule has 0 N–H and O–H groups in total. The zero-order valence-electron chi connectivity index (χ0n) is 8.33. The van der Waals surface area contributed by atoms with Crippen molar-refractivity contribution in [3.8, 4) is 0 Å². The van der Waals surface area contributed by atoms with Crippen molar-refractivity contribution in [1.82, 2.24) is 4.98 Å². The van der Waals surface area contributed by atoms with Crippen molar-refractivity contribution < 1.29 is 9.18 Å². The number of ketones is 1. The van der Waals surface area contributed by atoms with Gasteiger partial charge in [-0.15, -0.1) is 11.3 Å². The van der Waals surface area contributed by atoms with Gasteiger partial charge in [0, 0.05) is 0 Å². The van der Waals surface area contributed by atoms with Crippen LogP contribution in [0.2, 0.25) is 0 Å². The average molecular weight is 300 g/mol. The van der Waals surface area contributed by atoms with Gasteiger partial charge in [0.05, 0.1) is 26.1 Å². The number of hydrogen-bond acceptors (Lipinski definition) is 3. The first kappa shape index (κ1) is 11.4. The second-order valence-electron chi connectivity index (χ2n) is 3.20. The molecule has 2 rings (SSSR count). The zero-order valence-corrected chi connectivity index (χ0v) is 10.7. The maximum atomic E-state index is 13.7. The fourth-order valence-corrected chi connectivity index (χ4v) is 2.44. The van der Waals surface area contributed by atoms with Gasteiger partial charge in [0.25, 0.3) is 0 Å². The van der Waals surface area contributed by atoms with Crippen LogP contribution in [0, 0.1) is 12.7 Å². The largest absolute Gasteiger partial charge is 0.288 e. The van der Waals surface area contributed by atoms with E-state index in [2.05, 4.69) is 20.9 Å². The Morgan fingerprint density at radius 1 is 1.50 bits per heavy atom. The molecule has 0 bridgehead atoms. The van der Waals surface area contributed by atoms with Gasteiger partial charge in [0.15, 0.2) is 0 Å². The van der Waals surface area contributed by atoms with Gasteiger partial charge in [-0.2, -0.15) is 0 Å². The molecule has 2 aromatic rings. The molecule has 16 heavy (non-hydrogen) atoms. The number of thiazole rings is 1. The molecule has 0 saturated heterocycles. The fourth-order valence-electron chi connectivity index (χ4n) is 1.32. The lowest BCUT2D eigenvalue weighted by Gasteiger charge is -2.02. The maximum absolute atomic E-state index is 13.7. The van der Waals surface area contributed by atoms with E-state index in [-0.39, 0.29) is 11.3 Å². The van der Waals surface area contributed by atoms with Crippen LogP contribution in [0.4, 0.5) is 4.39 Å². The molecule has 0 fully saturated rings. The van der Waals surface area contributed by atoms with Crippen LogP contribution in [0.25, 0.3) is 0 Å². The van der Waals surface area contributed by atoms with Crippen LogP contribution in [0.1, 0.15) is 20.9 Å². The van der Waals surface area contributed by atoms with Crippen LogP contribution < -0.4 is 0 Å². The van der Waals surface area contributed by atoms with E-state index in [1.54, 1.807) is 24.6 Å². The summed E-state index contributed by atoms with van der Waals surface area (Å²) in [7, 11) is 0. The number of rotatable bonds is 2. The Morgan fingerprint density at radius 3 is 2.88 bits per heavy atom. The molecule has 1 aromatic heterocycles. The molecular weight excluding hydrogens is 293 g/mol. The summed E-state index contributed by atoms with van der Waals surface area (Å²) in [5, 5.41) is 0. The van der Waals surface area contributed by atoms with Crippen molar-refractivity contribution in [3.63, 3.8) is 0 Å². The van der Waals surface area contributed by atoms with Crippen LogP contribution in [-0.2, 0) is 0 Å². The summed E-state index contributed by atoms with van der Waals surface area (Å²) in [6.07, 6.45) is 0. The highest BCUT2D eigenvalue weighted by molar-refractivity contribution is 9.10. The molecule has 0 radical (unpaired) electrons. The summed E-state index contributed by atoms with van der Waals surface area (Å²) in [6, 6.07) is 4.67. The Labute approximate surface area is 104 Å². The van der Waals surface area contributed by atoms with E-state index >= 15 is 0 Å². The van der Waals surface area contributed by atoms with E-state index in [0.29, 0.717) is 15.0 Å². The lowest BCUT2D eigenvalue weighted by atomic mass is 10.1. The number of halogens is 2. The minimum atomic E-state index is -0.528. The van der Waals surface area contributed by atoms with Gasteiger partial charge in [-0.1, -0.05) is 6.07 Å². The molecule has 0 unspecified atom stereocenters. The standard InChI is InChI=1S/C11H7BrFNOS/c1-6-11(16-5-14-6)10(15)7-3-2-4-8(12)9(7)13/h2-5H,1H3. The molecule has 5 heteroatoms. The summed E-state index contributed by atoms with van der Waals surface area (Å²) in [4.78, 5) is 16.5. The zero-order chi connectivity index (χ0) is 11.7. The lowest BCUT2D eigenvalue weighted by molar-refractivity contribution is 0.103. The maximum Gasteiger partial charge on any atom is 0.207 e. The smallest absolute Gasteiger partial charge is 0.207 e. The van der Waals surface area contributed by atoms with Gasteiger partial charge < -0.3 is 0 Å². The van der Waals surface area contributed by atoms with Crippen molar-refractivity contribution in [2.24, 2.45) is 0 Å². The molecule has 0 spiro atoms. The van der Waals surface area contributed by atoms with Crippen molar-refractivity contribution >= 4 is 33.0 Å². The molecule has 0 atom stereocenters. The van der Waals surface area contributed by atoms with Crippen LogP contribution >= 0.6 is 27.3 Å². The molecule has 82 valence electrons. The summed E-state index contributed by atoms with van der Waals surface area (Å²) < 4.78 is 14.0. The topological polar surface area (TPSA) is 30.0 Å². The second kappa shape index (κ2) is 4.43. The van der Waals surface area contributed by atoms with E-state index in [1.807, 2.05) is 0 Å². The summed E-state index contributed by atoms with van der Waals surface area (Å²) in [5.41, 5.74) is 2.29. The number of carbonyl (C=O) groups is 1. The predicted octanol–water partition coefficient (Wildman–Crippen LogP) is 3.58. The van der Waals surface area contributed by atoms with Crippen LogP contribution in [-0.4, -0.2) is 10.8 Å². The van der Waals surface area contributed by atoms with Gasteiger partial charge in [0.1, 0.15) is 5.82 Å². The van der Waals surface area contributed by atoms with Crippen molar-refractivity contribution in [2.75, 3.05) is 0 Å². The molecule has 0 amide bonds. The Kier molecular flexibility index (Phi) is 3.16. The summed E-state index contributed by atoms with van der Waals surface area (Å²) in [6.45, 7) is 1.74. The Morgan fingerprint density at radius 2 is 2.25 bits per heavy atom. The molecule has 0 aliphatic heterocycles. The molecule has 1 aromatic carbocycles. The van der Waals surface area contributed by atoms with E-state index in [1.165, 1.54) is 17.4 Å². The second-order valence-corrected chi connectivity index (χ2v) is 4.91. The summed E-state index contributed by atoms with van der Waals surface area (Å²) in [5.74, 6) is -0.848. The van der Waals surface area contributed by atoms with Gasteiger partial charge in [-0.05, 0) is 35.0 Å². The number of aryl methyl sites for hydroxylation is 1. The minimum absolute atomic E-state index is 0.0710. The molecule has 0 aliphatic rings. The molecule has 0 aliphatic carbocycles. The normalized spacial score (nSPS) is 10.4. The van der Waals surface area contributed by atoms with Crippen molar-refractivity contribution in [3.05, 3.63) is 50.1 Å². The quantitative estimate of drug-likeness (QED) is 0.793. The minimum Gasteiger partial charge on any atom is -0.288 e. The van der Waals surface area contributed by atoms with Gasteiger partial charge in [-0.3, -0.25) is 4.79 Å². The van der Waals surface area contributed by atoms with Gasteiger partial charge in [0.2, 0.25) is 5.78 Å². The number of aromatic nitrogens is 1. The van der Waals surface area contributed by atoms with Crippen LogP contribution in [0.15, 0.2) is 28.2 Å². The van der Waals surface area contributed by atoms with Crippen molar-refractivity contribution in [2.45, 2.75) is 6.92 Å². The van der Waals surface area contributed by atoms with Gasteiger partial charge >= 0.3 is 0 Å². The van der Waals surface area contributed by atoms with Gasteiger partial charge in [-0.25, -0.2) is 9.37 Å². The van der Waals surface area contributed by atoms with E-state index in [9.17, 15) is 9.18 Å². The fraction of sp³-hybridized carbons (Fsp3) is 0.0909. The summed E-state index contributed by atoms with van der Waals surface area (Å²) >= 11 is 4.28.